The van der Waals surface area contributed by atoms with E-state index in [4.69, 9.17) is 5.10 Å². The molecule has 2 heterocycles. The maximum atomic E-state index is 12.8. The largest absolute Gasteiger partial charge is 0.350 e. The molecular weight excluding hydrogens is 408 g/mol. The van der Waals surface area contributed by atoms with Crippen LogP contribution in [-0.2, 0) is 11.3 Å². The van der Waals surface area contributed by atoms with Crippen LogP contribution in [0.25, 0.3) is 16.9 Å². The lowest BCUT2D eigenvalue weighted by atomic mass is 10.1. The van der Waals surface area contributed by atoms with Gasteiger partial charge in [-0.15, -0.1) is 0 Å². The van der Waals surface area contributed by atoms with Crippen LogP contribution in [0.3, 0.4) is 0 Å². The number of nitro groups is 1. The predicted octanol–water partition coefficient (Wildman–Crippen LogP) is 3.83. The molecule has 1 unspecified atom stereocenters. The molecule has 4 aromatic rings. The molecule has 2 aromatic heterocycles. The van der Waals surface area contributed by atoms with Crippen molar-refractivity contribution in [3.63, 3.8) is 0 Å². The molecule has 0 bridgehead atoms. The number of para-hydroxylation sites is 1. The van der Waals surface area contributed by atoms with E-state index in [1.54, 1.807) is 18.5 Å². The second-order valence-electron chi connectivity index (χ2n) is 7.38. The number of rotatable bonds is 7. The normalized spacial score (nSPS) is 11.8. The summed E-state index contributed by atoms with van der Waals surface area (Å²) in [6.45, 7) is 3.45. The first kappa shape index (κ1) is 21.0. The molecule has 0 saturated heterocycles. The minimum Gasteiger partial charge on any atom is -0.350 e. The Morgan fingerprint density at radius 2 is 1.72 bits per heavy atom. The second-order valence-corrected chi connectivity index (χ2v) is 7.38. The van der Waals surface area contributed by atoms with Crippen LogP contribution >= 0.6 is 0 Å². The lowest BCUT2D eigenvalue weighted by Gasteiger charge is -2.12. The topological polar surface area (TPSA) is 108 Å². The van der Waals surface area contributed by atoms with Gasteiger partial charge in [0.05, 0.1) is 16.3 Å². The first-order chi connectivity index (χ1) is 15.4. The minimum atomic E-state index is -0.702. The van der Waals surface area contributed by atoms with Crippen molar-refractivity contribution in [1.29, 1.82) is 0 Å². The third-order valence-corrected chi connectivity index (χ3v) is 5.17. The zero-order valence-corrected chi connectivity index (χ0v) is 17.7. The van der Waals surface area contributed by atoms with Crippen molar-refractivity contribution in [3.05, 3.63) is 94.4 Å². The summed E-state index contributed by atoms with van der Waals surface area (Å²) in [7, 11) is 0. The van der Waals surface area contributed by atoms with Crippen LogP contribution in [0.4, 0.5) is 5.69 Å². The number of hydrogen-bond acceptors (Lipinski definition) is 5. The third kappa shape index (κ3) is 4.27. The molecule has 0 spiro atoms. The van der Waals surface area contributed by atoms with E-state index in [2.05, 4.69) is 10.4 Å². The van der Waals surface area contributed by atoms with Gasteiger partial charge in [-0.3, -0.25) is 19.6 Å². The van der Waals surface area contributed by atoms with E-state index in [0.717, 1.165) is 22.5 Å². The number of carbonyl (C=O) groups excluding carboxylic acids is 1. The molecule has 2 aromatic carbocycles. The lowest BCUT2D eigenvalue weighted by Crippen LogP contribution is -2.31. The summed E-state index contributed by atoms with van der Waals surface area (Å²) in [5.74, 6) is -0.297. The second kappa shape index (κ2) is 8.84. The Bertz CT molecular complexity index is 1250. The molecule has 1 N–H and O–H groups in total. The van der Waals surface area contributed by atoms with Gasteiger partial charge in [0.1, 0.15) is 17.9 Å². The molecule has 4 rings (SSSR count). The molecule has 0 radical (unpaired) electrons. The lowest BCUT2D eigenvalue weighted by molar-refractivity contribution is -0.385. The fourth-order valence-electron chi connectivity index (χ4n) is 3.39. The van der Waals surface area contributed by atoms with Gasteiger partial charge in [-0.2, -0.15) is 10.2 Å². The Kier molecular flexibility index (Phi) is 5.80. The van der Waals surface area contributed by atoms with Gasteiger partial charge in [-0.25, -0.2) is 4.68 Å². The van der Waals surface area contributed by atoms with Gasteiger partial charge in [0, 0.05) is 23.9 Å². The maximum Gasteiger partial charge on any atom is 0.309 e. The zero-order valence-electron chi connectivity index (χ0n) is 17.7. The van der Waals surface area contributed by atoms with Gasteiger partial charge in [0.15, 0.2) is 0 Å². The summed E-state index contributed by atoms with van der Waals surface area (Å²) in [6.07, 6.45) is 3.17. The molecule has 0 fully saturated rings. The summed E-state index contributed by atoms with van der Waals surface area (Å²) in [5, 5.41) is 22.8. The Labute approximate surface area is 184 Å². The van der Waals surface area contributed by atoms with E-state index in [1.165, 1.54) is 10.9 Å². The van der Waals surface area contributed by atoms with Crippen molar-refractivity contribution in [2.45, 2.75) is 26.4 Å². The van der Waals surface area contributed by atoms with Gasteiger partial charge in [0.2, 0.25) is 5.91 Å². The van der Waals surface area contributed by atoms with Crippen molar-refractivity contribution in [2.24, 2.45) is 0 Å². The molecule has 1 atom stereocenters. The maximum absolute atomic E-state index is 12.8. The molecule has 1 amide bonds. The SMILES string of the molecule is Cc1nn(C(C)C(=O)NCc2cn(-c3ccccc3)nc2-c2ccccc2)cc1[N+](=O)[O-]. The van der Waals surface area contributed by atoms with E-state index in [-0.39, 0.29) is 23.8 Å². The van der Waals surface area contributed by atoms with Gasteiger partial charge < -0.3 is 5.32 Å². The van der Waals surface area contributed by atoms with E-state index in [0.29, 0.717) is 0 Å². The van der Waals surface area contributed by atoms with Crippen LogP contribution in [0.2, 0.25) is 0 Å². The molecule has 0 aliphatic carbocycles. The Morgan fingerprint density at radius 3 is 2.34 bits per heavy atom. The summed E-state index contributed by atoms with van der Waals surface area (Å²) in [5.41, 5.74) is 3.63. The third-order valence-electron chi connectivity index (χ3n) is 5.17. The summed E-state index contributed by atoms with van der Waals surface area (Å²) in [4.78, 5) is 23.3. The molecule has 9 nitrogen and oxygen atoms in total. The molecule has 0 aliphatic rings. The number of benzene rings is 2. The van der Waals surface area contributed by atoms with Crippen LogP contribution in [0, 0.1) is 17.0 Å². The van der Waals surface area contributed by atoms with Crippen LogP contribution < -0.4 is 5.32 Å². The predicted molar refractivity (Wildman–Crippen MR) is 119 cm³/mol. The molecule has 32 heavy (non-hydrogen) atoms. The standard InChI is InChI=1S/C23H22N6O3/c1-16-21(29(31)32)15-27(25-16)17(2)23(30)24-13-19-14-28(20-11-7-4-8-12-20)26-22(19)18-9-5-3-6-10-18/h3-12,14-15,17H,13H2,1-2H3,(H,24,30). The summed E-state index contributed by atoms with van der Waals surface area (Å²) in [6, 6.07) is 18.8. The molecular formula is C23H22N6O3. The van der Waals surface area contributed by atoms with Gasteiger partial charge in [0.25, 0.3) is 0 Å². The number of nitrogens with zero attached hydrogens (tertiary/aromatic N) is 5. The average molecular weight is 430 g/mol. The highest BCUT2D eigenvalue weighted by atomic mass is 16.6. The monoisotopic (exact) mass is 430 g/mol. The average Bonchev–Trinajstić information content (AvgIpc) is 3.42. The number of carbonyl (C=O) groups is 1. The van der Waals surface area contributed by atoms with Crippen molar-refractivity contribution in [1.82, 2.24) is 24.9 Å². The smallest absolute Gasteiger partial charge is 0.309 e. The van der Waals surface area contributed by atoms with Crippen LogP contribution in [0.1, 0.15) is 24.2 Å². The number of nitrogens with one attached hydrogen (secondary N) is 1. The number of aryl methyl sites for hydroxylation is 1. The van der Waals surface area contributed by atoms with Crippen LogP contribution in [-0.4, -0.2) is 30.4 Å². The zero-order chi connectivity index (χ0) is 22.7. The first-order valence-corrected chi connectivity index (χ1v) is 10.1. The van der Waals surface area contributed by atoms with Crippen molar-refractivity contribution >= 4 is 11.6 Å². The van der Waals surface area contributed by atoms with Gasteiger partial charge in [-0.05, 0) is 26.0 Å². The Morgan fingerprint density at radius 1 is 1.06 bits per heavy atom. The molecule has 162 valence electrons. The quantitative estimate of drug-likeness (QED) is 0.354. The number of aromatic nitrogens is 4. The summed E-state index contributed by atoms with van der Waals surface area (Å²) < 4.78 is 3.10. The van der Waals surface area contributed by atoms with Crippen molar-refractivity contribution in [3.8, 4) is 16.9 Å². The van der Waals surface area contributed by atoms with E-state index in [1.807, 2.05) is 66.9 Å². The van der Waals surface area contributed by atoms with E-state index < -0.39 is 11.0 Å². The van der Waals surface area contributed by atoms with Crippen LogP contribution in [0.15, 0.2) is 73.1 Å². The van der Waals surface area contributed by atoms with Crippen molar-refractivity contribution < 1.29 is 9.72 Å². The van der Waals surface area contributed by atoms with Gasteiger partial charge >= 0.3 is 5.69 Å². The van der Waals surface area contributed by atoms with Crippen LogP contribution in [0.5, 0.6) is 0 Å². The van der Waals surface area contributed by atoms with Crippen molar-refractivity contribution in [2.75, 3.05) is 0 Å². The Balaban J connectivity index is 1.57. The highest BCUT2D eigenvalue weighted by molar-refractivity contribution is 5.80. The fourth-order valence-corrected chi connectivity index (χ4v) is 3.39. The highest BCUT2D eigenvalue weighted by Crippen LogP contribution is 2.24. The molecule has 0 saturated carbocycles. The summed E-state index contributed by atoms with van der Waals surface area (Å²) >= 11 is 0. The fraction of sp³-hybridized carbons (Fsp3) is 0.174. The minimum absolute atomic E-state index is 0.111. The Hall–Kier alpha value is -4.27. The van der Waals surface area contributed by atoms with Gasteiger partial charge in [-0.1, -0.05) is 48.5 Å². The van der Waals surface area contributed by atoms with E-state index in [9.17, 15) is 14.9 Å². The number of hydrogen-bond donors (Lipinski definition) is 1. The van der Waals surface area contributed by atoms with E-state index >= 15 is 0 Å². The number of amides is 1. The molecule has 9 heteroatoms. The first-order valence-electron chi connectivity index (χ1n) is 10.1. The highest BCUT2D eigenvalue weighted by Gasteiger charge is 2.22. The molecule has 0 aliphatic heterocycles.